The van der Waals surface area contributed by atoms with Crippen LogP contribution in [-0.2, 0) is 9.59 Å². The number of benzene rings is 1. The molecule has 0 spiro atoms. The quantitative estimate of drug-likeness (QED) is 0.639. The molecule has 0 fully saturated rings. The summed E-state index contributed by atoms with van der Waals surface area (Å²) >= 11 is 0. The maximum atomic E-state index is 11.9. The van der Waals surface area contributed by atoms with E-state index in [9.17, 15) is 18.0 Å². The van der Waals surface area contributed by atoms with Gasteiger partial charge >= 0.3 is 18.1 Å². The lowest BCUT2D eigenvalue weighted by Crippen LogP contribution is -2.31. The number of para-hydroxylation sites is 1. The van der Waals surface area contributed by atoms with E-state index in [0.717, 1.165) is 13.0 Å². The van der Waals surface area contributed by atoms with Gasteiger partial charge in [-0.3, -0.25) is 4.79 Å². The van der Waals surface area contributed by atoms with Crippen molar-refractivity contribution in [2.45, 2.75) is 26.4 Å². The van der Waals surface area contributed by atoms with Crippen molar-refractivity contribution in [1.29, 1.82) is 0 Å². The van der Waals surface area contributed by atoms with Crippen LogP contribution in [0.1, 0.15) is 20.3 Å². The van der Waals surface area contributed by atoms with Crippen LogP contribution in [0.2, 0.25) is 0 Å². The van der Waals surface area contributed by atoms with Crippen molar-refractivity contribution in [1.82, 2.24) is 5.32 Å². The lowest BCUT2D eigenvalue weighted by molar-refractivity contribution is -0.192. The number of rotatable bonds is 5. The van der Waals surface area contributed by atoms with Gasteiger partial charge in [0.25, 0.3) is 0 Å². The molecule has 0 unspecified atom stereocenters. The Morgan fingerprint density at radius 2 is 1.65 bits per heavy atom. The molecule has 1 rings (SSSR count). The van der Waals surface area contributed by atoms with Crippen molar-refractivity contribution >= 4 is 11.9 Å². The standard InChI is InChI=1S/C13H19NO2.C2HF3O2/c1-13(2,9-10-14-3)12(15)16-11-7-5-4-6-8-11;3-2(4,5)1(6)7/h4-8,14H,9-10H2,1-3H3;(H,6,7). The Labute approximate surface area is 132 Å². The van der Waals surface area contributed by atoms with Crippen molar-refractivity contribution in [3.8, 4) is 5.75 Å². The van der Waals surface area contributed by atoms with E-state index in [1.165, 1.54) is 0 Å². The molecule has 0 saturated carbocycles. The Balaban J connectivity index is 0.000000585. The number of ether oxygens (including phenoxy) is 1. The number of carboxylic acids is 1. The third-order valence-corrected chi connectivity index (χ3v) is 2.75. The van der Waals surface area contributed by atoms with Gasteiger partial charge in [0.2, 0.25) is 0 Å². The molecule has 0 aromatic heterocycles. The average Bonchev–Trinajstić information content (AvgIpc) is 2.46. The number of alkyl halides is 3. The Hall–Kier alpha value is -2.09. The number of esters is 1. The molecular weight excluding hydrogens is 315 g/mol. The van der Waals surface area contributed by atoms with E-state index in [-0.39, 0.29) is 5.97 Å². The molecule has 0 amide bonds. The summed E-state index contributed by atoms with van der Waals surface area (Å²) in [5.74, 6) is -2.34. The molecule has 23 heavy (non-hydrogen) atoms. The number of carbonyl (C=O) groups excluding carboxylic acids is 1. The van der Waals surface area contributed by atoms with E-state index in [2.05, 4.69) is 5.32 Å². The van der Waals surface area contributed by atoms with Crippen LogP contribution in [0.3, 0.4) is 0 Å². The maximum absolute atomic E-state index is 11.9. The van der Waals surface area contributed by atoms with Crippen molar-refractivity contribution in [3.05, 3.63) is 30.3 Å². The fraction of sp³-hybridized carbons (Fsp3) is 0.467. The summed E-state index contributed by atoms with van der Waals surface area (Å²) in [4.78, 5) is 20.8. The van der Waals surface area contributed by atoms with Crippen molar-refractivity contribution < 1.29 is 32.6 Å². The SMILES string of the molecule is CNCCC(C)(C)C(=O)Oc1ccccc1.O=C(O)C(F)(F)F. The van der Waals surface area contributed by atoms with Gasteiger partial charge in [0.15, 0.2) is 0 Å². The van der Waals surface area contributed by atoms with Crippen LogP contribution in [-0.4, -0.2) is 36.8 Å². The first kappa shape index (κ1) is 20.9. The number of halogens is 3. The second-order valence-corrected chi connectivity index (χ2v) is 5.24. The minimum Gasteiger partial charge on any atom is -0.475 e. The van der Waals surface area contributed by atoms with Crippen LogP contribution >= 0.6 is 0 Å². The van der Waals surface area contributed by atoms with Gasteiger partial charge in [0.05, 0.1) is 5.41 Å². The summed E-state index contributed by atoms with van der Waals surface area (Å²) in [6.07, 6.45) is -4.32. The van der Waals surface area contributed by atoms with Gasteiger partial charge in [-0.1, -0.05) is 18.2 Å². The predicted molar refractivity (Wildman–Crippen MR) is 78.1 cm³/mol. The lowest BCUT2D eigenvalue weighted by atomic mass is 9.89. The fourth-order valence-corrected chi connectivity index (χ4v) is 1.27. The minimum absolute atomic E-state index is 0.186. The van der Waals surface area contributed by atoms with Gasteiger partial charge in [-0.05, 0) is 46.0 Å². The topological polar surface area (TPSA) is 75.6 Å². The van der Waals surface area contributed by atoms with E-state index in [0.29, 0.717) is 5.75 Å². The fourth-order valence-electron chi connectivity index (χ4n) is 1.27. The molecule has 0 radical (unpaired) electrons. The summed E-state index contributed by atoms with van der Waals surface area (Å²) < 4.78 is 37.0. The molecule has 0 aliphatic carbocycles. The number of carbonyl (C=O) groups is 2. The lowest BCUT2D eigenvalue weighted by Gasteiger charge is -2.22. The predicted octanol–water partition coefficient (Wildman–Crippen LogP) is 2.86. The highest BCUT2D eigenvalue weighted by molar-refractivity contribution is 5.78. The Morgan fingerprint density at radius 3 is 2.04 bits per heavy atom. The van der Waals surface area contributed by atoms with Gasteiger partial charge in [-0.15, -0.1) is 0 Å². The second-order valence-electron chi connectivity index (χ2n) is 5.24. The highest BCUT2D eigenvalue weighted by Crippen LogP contribution is 2.23. The highest BCUT2D eigenvalue weighted by Gasteiger charge is 2.38. The van der Waals surface area contributed by atoms with Crippen molar-refractivity contribution in [3.63, 3.8) is 0 Å². The maximum Gasteiger partial charge on any atom is 0.490 e. The summed E-state index contributed by atoms with van der Waals surface area (Å²) in [5.41, 5.74) is -0.459. The van der Waals surface area contributed by atoms with E-state index in [1.807, 2.05) is 39.1 Å². The normalized spacial score (nSPS) is 11.2. The molecule has 1 aromatic rings. The summed E-state index contributed by atoms with van der Waals surface area (Å²) in [5, 5.41) is 10.2. The molecule has 0 bridgehead atoms. The molecule has 0 heterocycles. The molecule has 0 aliphatic rings. The smallest absolute Gasteiger partial charge is 0.475 e. The van der Waals surface area contributed by atoms with Crippen molar-refractivity contribution in [2.75, 3.05) is 13.6 Å². The molecule has 2 N–H and O–H groups in total. The van der Waals surface area contributed by atoms with Gasteiger partial charge in [-0.25, -0.2) is 4.79 Å². The van der Waals surface area contributed by atoms with Crippen molar-refractivity contribution in [2.24, 2.45) is 5.41 Å². The van der Waals surface area contributed by atoms with Crippen LogP contribution < -0.4 is 10.1 Å². The van der Waals surface area contributed by atoms with Crippen LogP contribution in [0.4, 0.5) is 13.2 Å². The average molecular weight is 335 g/mol. The zero-order valence-corrected chi connectivity index (χ0v) is 13.1. The molecule has 1 aromatic carbocycles. The van der Waals surface area contributed by atoms with E-state index in [4.69, 9.17) is 14.6 Å². The Morgan fingerprint density at radius 1 is 1.17 bits per heavy atom. The van der Waals surface area contributed by atoms with Crippen LogP contribution in [0.5, 0.6) is 5.75 Å². The first-order valence-corrected chi connectivity index (χ1v) is 6.72. The molecule has 130 valence electrons. The van der Waals surface area contributed by atoms with E-state index in [1.54, 1.807) is 12.1 Å². The largest absolute Gasteiger partial charge is 0.490 e. The zero-order chi connectivity index (χ0) is 18.1. The molecule has 5 nitrogen and oxygen atoms in total. The number of carboxylic acid groups (broad SMARTS) is 1. The monoisotopic (exact) mass is 335 g/mol. The highest BCUT2D eigenvalue weighted by atomic mass is 19.4. The van der Waals surface area contributed by atoms with Crippen LogP contribution in [0.25, 0.3) is 0 Å². The van der Waals surface area contributed by atoms with Gasteiger partial charge in [0, 0.05) is 0 Å². The number of hydrogen-bond donors (Lipinski definition) is 2. The molecular formula is C15H20F3NO4. The first-order chi connectivity index (χ1) is 10.5. The van der Waals surface area contributed by atoms with Crippen LogP contribution in [0.15, 0.2) is 30.3 Å². The van der Waals surface area contributed by atoms with Gasteiger partial charge in [0.1, 0.15) is 5.75 Å². The molecule has 0 saturated heterocycles. The summed E-state index contributed by atoms with van der Waals surface area (Å²) in [6, 6.07) is 9.16. The summed E-state index contributed by atoms with van der Waals surface area (Å²) in [6.45, 7) is 4.60. The molecule has 0 atom stereocenters. The molecule has 0 aliphatic heterocycles. The first-order valence-electron chi connectivity index (χ1n) is 6.72. The zero-order valence-electron chi connectivity index (χ0n) is 13.1. The number of aliphatic carboxylic acids is 1. The van der Waals surface area contributed by atoms with E-state index >= 15 is 0 Å². The number of nitrogens with one attached hydrogen (secondary N) is 1. The summed E-state index contributed by atoms with van der Waals surface area (Å²) in [7, 11) is 1.87. The second kappa shape index (κ2) is 9.14. The van der Waals surface area contributed by atoms with Gasteiger partial charge in [-0.2, -0.15) is 13.2 Å². The number of hydrogen-bond acceptors (Lipinski definition) is 4. The van der Waals surface area contributed by atoms with Gasteiger partial charge < -0.3 is 15.2 Å². The van der Waals surface area contributed by atoms with E-state index < -0.39 is 17.6 Å². The molecule has 8 heteroatoms. The minimum atomic E-state index is -5.08. The third kappa shape index (κ3) is 8.82. The Kier molecular flexibility index (Phi) is 8.31. The third-order valence-electron chi connectivity index (χ3n) is 2.75. The Bertz CT molecular complexity index is 501. The van der Waals surface area contributed by atoms with Crippen LogP contribution in [0, 0.1) is 5.41 Å².